The molecule has 1 aromatic carbocycles. The van der Waals surface area contributed by atoms with Crippen LogP contribution >= 0.6 is 11.6 Å². The van der Waals surface area contributed by atoms with Crippen molar-refractivity contribution in [2.24, 2.45) is 0 Å². The van der Waals surface area contributed by atoms with Gasteiger partial charge in [0, 0.05) is 12.5 Å². The minimum atomic E-state index is 0.616. The number of nitrogens with zero attached hydrogens (tertiary/aromatic N) is 1. The molecule has 1 aromatic heterocycles. The first-order chi connectivity index (χ1) is 8.26. The van der Waals surface area contributed by atoms with Gasteiger partial charge < -0.3 is 4.74 Å². The standard InChI is InChI=1S/C14H16ClNO/c1-3-10-9-12-6-4-5-11(7-8-17-2)13(12)16-14(10)15/h4-6,9H,3,7-8H2,1-2H3. The summed E-state index contributed by atoms with van der Waals surface area (Å²) in [6.45, 7) is 2.79. The van der Waals surface area contributed by atoms with Crippen LogP contribution in [0.2, 0.25) is 5.15 Å². The van der Waals surface area contributed by atoms with Crippen molar-refractivity contribution in [2.45, 2.75) is 19.8 Å². The summed E-state index contributed by atoms with van der Waals surface area (Å²) in [5, 5.41) is 1.77. The predicted octanol–water partition coefficient (Wildman–Crippen LogP) is 3.64. The van der Waals surface area contributed by atoms with Gasteiger partial charge in [-0.25, -0.2) is 4.98 Å². The summed E-state index contributed by atoms with van der Waals surface area (Å²) >= 11 is 6.17. The summed E-state index contributed by atoms with van der Waals surface area (Å²) in [4.78, 5) is 4.51. The minimum absolute atomic E-state index is 0.616. The Balaban J connectivity index is 2.52. The van der Waals surface area contributed by atoms with Crippen LogP contribution in [0.1, 0.15) is 18.1 Å². The molecular weight excluding hydrogens is 234 g/mol. The van der Waals surface area contributed by atoms with Crippen LogP contribution in [0.15, 0.2) is 24.3 Å². The number of benzene rings is 1. The third kappa shape index (κ3) is 2.59. The number of pyridine rings is 1. The summed E-state index contributed by atoms with van der Waals surface area (Å²) in [5.41, 5.74) is 3.28. The van der Waals surface area contributed by atoms with E-state index in [1.54, 1.807) is 7.11 Å². The molecule has 0 amide bonds. The summed E-state index contributed by atoms with van der Waals surface area (Å²) in [6.07, 6.45) is 1.77. The van der Waals surface area contributed by atoms with E-state index in [-0.39, 0.29) is 0 Å². The number of fused-ring (bicyclic) bond motifs is 1. The molecule has 0 N–H and O–H groups in total. The minimum Gasteiger partial charge on any atom is -0.384 e. The number of hydrogen-bond donors (Lipinski definition) is 0. The van der Waals surface area contributed by atoms with Gasteiger partial charge in [-0.2, -0.15) is 0 Å². The van der Waals surface area contributed by atoms with Crippen LogP contribution in [0.5, 0.6) is 0 Å². The molecule has 0 spiro atoms. The van der Waals surface area contributed by atoms with Crippen LogP contribution in [-0.2, 0) is 17.6 Å². The Kier molecular flexibility index (Phi) is 3.97. The highest BCUT2D eigenvalue weighted by molar-refractivity contribution is 6.30. The Bertz CT molecular complexity index is 525. The predicted molar refractivity (Wildman–Crippen MR) is 71.7 cm³/mol. The van der Waals surface area contributed by atoms with Crippen LogP contribution in [0.4, 0.5) is 0 Å². The van der Waals surface area contributed by atoms with Crippen molar-refractivity contribution in [3.8, 4) is 0 Å². The van der Waals surface area contributed by atoms with Crippen molar-refractivity contribution in [3.05, 3.63) is 40.5 Å². The zero-order valence-corrected chi connectivity index (χ0v) is 10.9. The van der Waals surface area contributed by atoms with Crippen molar-refractivity contribution < 1.29 is 4.74 Å². The van der Waals surface area contributed by atoms with E-state index in [0.29, 0.717) is 11.8 Å². The van der Waals surface area contributed by atoms with Gasteiger partial charge in [-0.15, -0.1) is 0 Å². The molecule has 17 heavy (non-hydrogen) atoms. The fourth-order valence-electron chi connectivity index (χ4n) is 1.94. The second-order valence-corrected chi connectivity index (χ2v) is 4.38. The molecular formula is C14H16ClNO. The van der Waals surface area contributed by atoms with E-state index in [0.717, 1.165) is 29.3 Å². The molecule has 90 valence electrons. The fourth-order valence-corrected chi connectivity index (χ4v) is 2.22. The molecule has 0 unspecified atom stereocenters. The lowest BCUT2D eigenvalue weighted by atomic mass is 10.1. The maximum atomic E-state index is 6.17. The van der Waals surface area contributed by atoms with Crippen LogP contribution in [-0.4, -0.2) is 18.7 Å². The summed E-state index contributed by atoms with van der Waals surface area (Å²) in [7, 11) is 1.71. The second kappa shape index (κ2) is 5.48. The number of aryl methyl sites for hydroxylation is 1. The van der Waals surface area contributed by atoms with E-state index in [4.69, 9.17) is 16.3 Å². The van der Waals surface area contributed by atoms with Gasteiger partial charge in [0.1, 0.15) is 5.15 Å². The highest BCUT2D eigenvalue weighted by atomic mass is 35.5. The van der Waals surface area contributed by atoms with E-state index >= 15 is 0 Å². The van der Waals surface area contributed by atoms with E-state index in [2.05, 4.69) is 36.2 Å². The largest absolute Gasteiger partial charge is 0.384 e. The number of para-hydroxylation sites is 1. The van der Waals surface area contributed by atoms with Crippen LogP contribution in [0.25, 0.3) is 10.9 Å². The first kappa shape index (κ1) is 12.3. The molecule has 0 aliphatic carbocycles. The van der Waals surface area contributed by atoms with Crippen LogP contribution < -0.4 is 0 Å². The van der Waals surface area contributed by atoms with Crippen molar-refractivity contribution in [3.63, 3.8) is 0 Å². The molecule has 0 aliphatic heterocycles. The van der Waals surface area contributed by atoms with Crippen molar-refractivity contribution >= 4 is 22.5 Å². The number of halogens is 1. The average Bonchev–Trinajstić information content (AvgIpc) is 2.35. The van der Waals surface area contributed by atoms with Gasteiger partial charge in [0.2, 0.25) is 0 Å². The molecule has 0 bridgehead atoms. The van der Waals surface area contributed by atoms with Crippen molar-refractivity contribution in [2.75, 3.05) is 13.7 Å². The van der Waals surface area contributed by atoms with Gasteiger partial charge in [0.25, 0.3) is 0 Å². The first-order valence-corrected chi connectivity index (χ1v) is 6.20. The molecule has 3 heteroatoms. The van der Waals surface area contributed by atoms with Gasteiger partial charge in [0.15, 0.2) is 0 Å². The normalized spacial score (nSPS) is 11.0. The molecule has 0 radical (unpaired) electrons. The van der Waals surface area contributed by atoms with Crippen LogP contribution in [0.3, 0.4) is 0 Å². The van der Waals surface area contributed by atoms with Gasteiger partial charge in [-0.1, -0.05) is 36.7 Å². The van der Waals surface area contributed by atoms with Crippen molar-refractivity contribution in [1.29, 1.82) is 0 Å². The van der Waals surface area contributed by atoms with E-state index < -0.39 is 0 Å². The molecule has 0 aliphatic rings. The maximum absolute atomic E-state index is 6.17. The van der Waals surface area contributed by atoms with Gasteiger partial charge >= 0.3 is 0 Å². The van der Waals surface area contributed by atoms with E-state index in [9.17, 15) is 0 Å². The molecule has 2 rings (SSSR count). The zero-order valence-electron chi connectivity index (χ0n) is 10.2. The molecule has 0 saturated heterocycles. The van der Waals surface area contributed by atoms with Crippen LogP contribution in [0, 0.1) is 0 Å². The smallest absolute Gasteiger partial charge is 0.132 e. The summed E-state index contributed by atoms with van der Waals surface area (Å²) in [5.74, 6) is 0. The lowest BCUT2D eigenvalue weighted by molar-refractivity contribution is 0.202. The number of methoxy groups -OCH3 is 1. The number of hydrogen-bond acceptors (Lipinski definition) is 2. The highest BCUT2D eigenvalue weighted by Crippen LogP contribution is 2.23. The Morgan fingerprint density at radius 1 is 1.29 bits per heavy atom. The SMILES string of the molecule is CCc1cc2cccc(CCOC)c2nc1Cl. The molecule has 2 aromatic rings. The maximum Gasteiger partial charge on any atom is 0.132 e. The Morgan fingerprint density at radius 2 is 2.12 bits per heavy atom. The molecule has 1 heterocycles. The lowest BCUT2D eigenvalue weighted by Gasteiger charge is -2.08. The van der Waals surface area contributed by atoms with E-state index in [1.165, 1.54) is 5.56 Å². The Morgan fingerprint density at radius 3 is 2.82 bits per heavy atom. The third-order valence-electron chi connectivity index (χ3n) is 2.91. The number of ether oxygens (including phenoxy) is 1. The van der Waals surface area contributed by atoms with Gasteiger partial charge in [-0.05, 0) is 30.0 Å². The second-order valence-electron chi connectivity index (χ2n) is 4.02. The lowest BCUT2D eigenvalue weighted by Crippen LogP contribution is -1.98. The van der Waals surface area contributed by atoms with Gasteiger partial charge in [0.05, 0.1) is 12.1 Å². The highest BCUT2D eigenvalue weighted by Gasteiger charge is 2.06. The van der Waals surface area contributed by atoms with Gasteiger partial charge in [-0.3, -0.25) is 0 Å². The first-order valence-electron chi connectivity index (χ1n) is 5.82. The quantitative estimate of drug-likeness (QED) is 0.772. The number of rotatable bonds is 4. The Labute approximate surface area is 107 Å². The molecule has 0 fully saturated rings. The monoisotopic (exact) mass is 249 g/mol. The number of aromatic nitrogens is 1. The average molecular weight is 250 g/mol. The summed E-state index contributed by atoms with van der Waals surface area (Å²) < 4.78 is 5.11. The zero-order chi connectivity index (χ0) is 12.3. The molecule has 2 nitrogen and oxygen atoms in total. The summed E-state index contributed by atoms with van der Waals surface area (Å²) in [6, 6.07) is 8.34. The topological polar surface area (TPSA) is 22.1 Å². The molecule has 0 saturated carbocycles. The van der Waals surface area contributed by atoms with E-state index in [1.807, 2.05) is 0 Å². The fraction of sp³-hybridized carbons (Fsp3) is 0.357. The Hall–Kier alpha value is -1.12. The third-order valence-corrected chi connectivity index (χ3v) is 3.24. The molecule has 0 atom stereocenters. The van der Waals surface area contributed by atoms with Crippen molar-refractivity contribution in [1.82, 2.24) is 4.98 Å².